The topological polar surface area (TPSA) is 158 Å². The summed E-state index contributed by atoms with van der Waals surface area (Å²) in [4.78, 5) is 35.4. The number of aromatic amines is 2. The largest absolute Gasteiger partial charge is 0.493 e. The van der Waals surface area contributed by atoms with E-state index in [4.69, 9.17) is 47.4 Å². The third kappa shape index (κ3) is 6.73. The van der Waals surface area contributed by atoms with E-state index in [0.29, 0.717) is 101 Å². The number of nitrogens with one attached hydrogen (secondary N) is 2. The molecular formula is C46H46N2O12. The van der Waals surface area contributed by atoms with Crippen molar-refractivity contribution in [3.05, 3.63) is 72.1 Å². The summed E-state index contributed by atoms with van der Waals surface area (Å²) in [7, 11) is 12.4. The standard InChI is InChI=1S/C46H46N2O12/c1-11-59-45(49)43-38(24-14-16-30(52-4)32(18-24)54-6)37(23-13-15-29(51-3)31(17-23)53-5)41(47-43)42-39-27-21-35(57-9)33(55-7)19-25(27)26-20-34(56-8)36(58-10)22-28(26)40(39)44(48-42)46(50)60-12-2/h13-22,47-48H,11-12H2,1-10H3. The Balaban J connectivity index is 1.76. The number of carbonyl (C=O) groups is 2. The minimum atomic E-state index is -0.615. The van der Waals surface area contributed by atoms with E-state index < -0.39 is 11.9 Å². The van der Waals surface area contributed by atoms with Crippen LogP contribution in [0.15, 0.2) is 60.7 Å². The van der Waals surface area contributed by atoms with Gasteiger partial charge in [0.05, 0.1) is 81.5 Å². The van der Waals surface area contributed by atoms with Crippen LogP contribution in [-0.4, -0.2) is 92.0 Å². The van der Waals surface area contributed by atoms with Gasteiger partial charge in [-0.05, 0) is 95.1 Å². The van der Waals surface area contributed by atoms with Crippen molar-refractivity contribution >= 4 is 44.3 Å². The second kappa shape index (κ2) is 16.9. The Bertz CT molecular complexity index is 2780. The van der Waals surface area contributed by atoms with Crippen LogP contribution >= 0.6 is 0 Å². The number of hydrogen-bond acceptors (Lipinski definition) is 12. The molecule has 0 amide bonds. The third-order valence-corrected chi connectivity index (χ3v) is 10.4. The zero-order chi connectivity index (χ0) is 42.8. The van der Waals surface area contributed by atoms with Crippen LogP contribution in [0.2, 0.25) is 0 Å². The molecule has 0 radical (unpaired) electrons. The van der Waals surface area contributed by atoms with E-state index in [1.807, 2.05) is 42.5 Å². The first-order valence-corrected chi connectivity index (χ1v) is 19.0. The van der Waals surface area contributed by atoms with Crippen LogP contribution in [0.3, 0.4) is 0 Å². The molecule has 14 nitrogen and oxygen atoms in total. The Morgan fingerprint density at radius 1 is 0.417 bits per heavy atom. The van der Waals surface area contributed by atoms with Crippen molar-refractivity contribution in [3.8, 4) is 79.6 Å². The van der Waals surface area contributed by atoms with Crippen molar-refractivity contribution in [1.29, 1.82) is 0 Å². The summed E-state index contributed by atoms with van der Waals surface area (Å²) in [5, 5.41) is 3.94. The molecule has 60 heavy (non-hydrogen) atoms. The van der Waals surface area contributed by atoms with Gasteiger partial charge in [-0.15, -0.1) is 0 Å². The predicted molar refractivity (Wildman–Crippen MR) is 228 cm³/mol. The van der Waals surface area contributed by atoms with Gasteiger partial charge in [-0.3, -0.25) is 0 Å². The molecule has 0 spiro atoms. The summed E-state index contributed by atoms with van der Waals surface area (Å²) in [6, 6.07) is 18.3. The third-order valence-electron chi connectivity index (χ3n) is 10.4. The second-order valence-corrected chi connectivity index (χ2v) is 13.3. The highest BCUT2D eigenvalue weighted by Crippen LogP contribution is 2.52. The molecule has 0 unspecified atom stereocenters. The fraction of sp³-hybridized carbons (Fsp3) is 0.261. The number of benzene rings is 5. The van der Waals surface area contributed by atoms with E-state index in [1.165, 1.54) is 7.11 Å². The lowest BCUT2D eigenvalue weighted by molar-refractivity contribution is 0.0512. The maximum atomic E-state index is 14.2. The Labute approximate surface area is 346 Å². The SMILES string of the molecule is CCOC(=O)c1[nH]c(-c2[nH]c(C(=O)OCC)c3c4cc(OC)c(OC)cc4c4cc(OC)c(OC)cc4c23)c(-c2ccc(OC)c(OC)c2)c1-c1ccc(OC)c(OC)c1. The number of esters is 2. The van der Waals surface area contributed by atoms with Crippen molar-refractivity contribution in [2.75, 3.05) is 70.1 Å². The Kier molecular flexibility index (Phi) is 11.6. The molecule has 2 N–H and O–H groups in total. The molecule has 5 aromatic carbocycles. The lowest BCUT2D eigenvalue weighted by atomic mass is 9.90. The number of aromatic nitrogens is 2. The molecule has 0 saturated carbocycles. The van der Waals surface area contributed by atoms with Gasteiger partial charge in [0, 0.05) is 21.9 Å². The van der Waals surface area contributed by atoms with E-state index in [1.54, 1.807) is 81.8 Å². The number of rotatable bonds is 15. The van der Waals surface area contributed by atoms with Crippen LogP contribution < -0.4 is 37.9 Å². The van der Waals surface area contributed by atoms with Gasteiger partial charge >= 0.3 is 11.9 Å². The molecule has 0 aliphatic carbocycles. The minimum Gasteiger partial charge on any atom is -0.493 e. The summed E-state index contributed by atoms with van der Waals surface area (Å²) in [5.41, 5.74) is 3.46. The molecule has 0 saturated heterocycles. The molecule has 2 aromatic heterocycles. The van der Waals surface area contributed by atoms with Crippen LogP contribution in [0.4, 0.5) is 0 Å². The summed E-state index contributed by atoms with van der Waals surface area (Å²) >= 11 is 0. The Morgan fingerprint density at radius 3 is 1.22 bits per heavy atom. The molecule has 7 rings (SSSR count). The zero-order valence-electron chi connectivity index (χ0n) is 35.1. The van der Waals surface area contributed by atoms with Crippen molar-refractivity contribution in [2.24, 2.45) is 0 Å². The van der Waals surface area contributed by atoms with Gasteiger partial charge in [0.1, 0.15) is 11.4 Å². The van der Waals surface area contributed by atoms with Crippen molar-refractivity contribution in [3.63, 3.8) is 0 Å². The van der Waals surface area contributed by atoms with Gasteiger partial charge < -0.3 is 57.3 Å². The molecule has 0 bridgehead atoms. The molecule has 0 aliphatic rings. The van der Waals surface area contributed by atoms with E-state index in [0.717, 1.165) is 10.8 Å². The molecule has 0 fully saturated rings. The van der Waals surface area contributed by atoms with Gasteiger partial charge in [0.2, 0.25) is 0 Å². The number of fused-ring (bicyclic) bond motifs is 6. The van der Waals surface area contributed by atoms with Crippen molar-refractivity contribution in [2.45, 2.75) is 13.8 Å². The lowest BCUT2D eigenvalue weighted by Gasteiger charge is -2.16. The Morgan fingerprint density at radius 2 is 0.783 bits per heavy atom. The quantitative estimate of drug-likeness (QED) is 0.0748. The first kappa shape index (κ1) is 41.0. The van der Waals surface area contributed by atoms with Gasteiger partial charge in [-0.1, -0.05) is 12.1 Å². The number of hydrogen-bond donors (Lipinski definition) is 2. The van der Waals surface area contributed by atoms with Gasteiger partial charge in [-0.25, -0.2) is 9.59 Å². The van der Waals surface area contributed by atoms with Gasteiger partial charge in [0.15, 0.2) is 46.0 Å². The van der Waals surface area contributed by atoms with Crippen LogP contribution in [0, 0.1) is 0 Å². The molecule has 0 aliphatic heterocycles. The summed E-state index contributed by atoms with van der Waals surface area (Å²) < 4.78 is 57.4. The molecular weight excluding hydrogens is 773 g/mol. The van der Waals surface area contributed by atoms with Crippen LogP contribution in [0.1, 0.15) is 34.8 Å². The predicted octanol–water partition coefficient (Wildman–Crippen LogP) is 9.23. The average Bonchev–Trinajstić information content (AvgIpc) is 3.88. The Hall–Kier alpha value is -7.22. The maximum Gasteiger partial charge on any atom is 0.355 e. The fourth-order valence-electron chi connectivity index (χ4n) is 7.80. The monoisotopic (exact) mass is 818 g/mol. The van der Waals surface area contributed by atoms with Crippen LogP contribution in [-0.2, 0) is 9.47 Å². The highest BCUT2D eigenvalue weighted by molar-refractivity contribution is 6.33. The van der Waals surface area contributed by atoms with Crippen LogP contribution in [0.25, 0.3) is 66.0 Å². The van der Waals surface area contributed by atoms with Gasteiger partial charge in [-0.2, -0.15) is 0 Å². The molecule has 2 heterocycles. The number of H-pyrrole nitrogens is 2. The van der Waals surface area contributed by atoms with Gasteiger partial charge in [0.25, 0.3) is 0 Å². The number of ether oxygens (including phenoxy) is 10. The van der Waals surface area contributed by atoms with Crippen molar-refractivity contribution in [1.82, 2.24) is 9.97 Å². The first-order chi connectivity index (χ1) is 29.1. The summed E-state index contributed by atoms with van der Waals surface area (Å²) in [6.07, 6.45) is 0. The molecule has 0 atom stereocenters. The minimum absolute atomic E-state index is 0.103. The number of carbonyl (C=O) groups excluding carboxylic acids is 2. The van der Waals surface area contributed by atoms with E-state index in [9.17, 15) is 9.59 Å². The molecule has 312 valence electrons. The number of methoxy groups -OCH3 is 8. The maximum absolute atomic E-state index is 14.2. The molecule has 7 aromatic rings. The normalized spacial score (nSPS) is 11.1. The van der Waals surface area contributed by atoms with E-state index in [2.05, 4.69) is 9.97 Å². The first-order valence-electron chi connectivity index (χ1n) is 19.0. The molecule has 14 heteroatoms. The van der Waals surface area contributed by atoms with E-state index in [-0.39, 0.29) is 24.6 Å². The fourth-order valence-corrected chi connectivity index (χ4v) is 7.80. The summed E-state index contributed by atoms with van der Waals surface area (Å²) in [5.74, 6) is 2.49. The highest BCUT2D eigenvalue weighted by Gasteiger charge is 2.32. The zero-order valence-corrected chi connectivity index (χ0v) is 35.1. The smallest absolute Gasteiger partial charge is 0.355 e. The second-order valence-electron chi connectivity index (χ2n) is 13.3. The van der Waals surface area contributed by atoms with E-state index >= 15 is 0 Å². The lowest BCUT2D eigenvalue weighted by Crippen LogP contribution is -2.07. The average molecular weight is 819 g/mol. The van der Waals surface area contributed by atoms with Crippen molar-refractivity contribution < 1.29 is 57.0 Å². The highest BCUT2D eigenvalue weighted by atomic mass is 16.5. The summed E-state index contributed by atoms with van der Waals surface area (Å²) in [6.45, 7) is 3.69. The van der Waals surface area contributed by atoms with Crippen LogP contribution in [0.5, 0.6) is 46.0 Å².